The van der Waals surface area contributed by atoms with E-state index in [0.29, 0.717) is 28.8 Å². The van der Waals surface area contributed by atoms with Gasteiger partial charge >= 0.3 is 0 Å². The average Bonchev–Trinajstić information content (AvgIpc) is 2.68. The zero-order valence-corrected chi connectivity index (χ0v) is 14.8. The number of anilines is 2. The van der Waals surface area contributed by atoms with Crippen LogP contribution in [-0.4, -0.2) is 23.0 Å². The molecule has 0 spiro atoms. The van der Waals surface area contributed by atoms with Crippen LogP contribution in [0.5, 0.6) is 5.75 Å². The summed E-state index contributed by atoms with van der Waals surface area (Å²) in [6, 6.07) is 14.9. The molecule has 0 aliphatic heterocycles. The Labute approximate surface area is 156 Å². The normalized spacial score (nSPS) is 10.2. The lowest BCUT2D eigenvalue weighted by Gasteiger charge is -2.08. The van der Waals surface area contributed by atoms with E-state index in [0.717, 1.165) is 11.3 Å². The number of hydrogen-bond acceptors (Lipinski definition) is 5. The molecule has 0 unspecified atom stereocenters. The number of carbonyl (C=O) groups excluding carboxylic acids is 1. The molecule has 1 heterocycles. The van der Waals surface area contributed by atoms with Gasteiger partial charge in [0.25, 0.3) is 5.91 Å². The SMILES string of the molecule is COc1ccc(Nc2ncc(C(=O)NCc3ccccc3)cn2)cc1Cl. The molecule has 0 bridgehead atoms. The van der Waals surface area contributed by atoms with Gasteiger partial charge < -0.3 is 15.4 Å². The third-order valence-corrected chi connectivity index (χ3v) is 3.91. The van der Waals surface area contributed by atoms with Crippen LogP contribution in [0.25, 0.3) is 0 Å². The average molecular weight is 369 g/mol. The van der Waals surface area contributed by atoms with Crippen molar-refractivity contribution in [2.45, 2.75) is 6.54 Å². The zero-order chi connectivity index (χ0) is 18.4. The topological polar surface area (TPSA) is 76.1 Å². The van der Waals surface area contributed by atoms with Crippen LogP contribution in [0.2, 0.25) is 5.02 Å². The van der Waals surface area contributed by atoms with Crippen molar-refractivity contribution in [3.63, 3.8) is 0 Å². The molecule has 0 saturated heterocycles. The Morgan fingerprint density at radius 2 is 1.85 bits per heavy atom. The first-order chi connectivity index (χ1) is 12.7. The van der Waals surface area contributed by atoms with Crippen molar-refractivity contribution in [2.24, 2.45) is 0 Å². The van der Waals surface area contributed by atoms with E-state index < -0.39 is 0 Å². The second-order valence-corrected chi connectivity index (χ2v) is 5.85. The Bertz CT molecular complexity index is 886. The molecule has 1 aromatic heterocycles. The quantitative estimate of drug-likeness (QED) is 0.691. The lowest BCUT2D eigenvalue weighted by atomic mass is 10.2. The summed E-state index contributed by atoms with van der Waals surface area (Å²) in [6.45, 7) is 0.448. The molecule has 0 aliphatic carbocycles. The van der Waals surface area contributed by atoms with Crippen molar-refractivity contribution in [1.29, 1.82) is 0 Å². The number of methoxy groups -OCH3 is 1. The van der Waals surface area contributed by atoms with Crippen LogP contribution in [0, 0.1) is 0 Å². The number of hydrogen-bond donors (Lipinski definition) is 2. The molecule has 1 amide bonds. The highest BCUT2D eigenvalue weighted by molar-refractivity contribution is 6.32. The molecule has 0 saturated carbocycles. The highest BCUT2D eigenvalue weighted by atomic mass is 35.5. The maximum absolute atomic E-state index is 12.2. The lowest BCUT2D eigenvalue weighted by molar-refractivity contribution is 0.0950. The summed E-state index contributed by atoms with van der Waals surface area (Å²) < 4.78 is 5.11. The highest BCUT2D eigenvalue weighted by Crippen LogP contribution is 2.28. The van der Waals surface area contributed by atoms with Crippen LogP contribution >= 0.6 is 11.6 Å². The van der Waals surface area contributed by atoms with Crippen molar-refractivity contribution >= 4 is 29.1 Å². The van der Waals surface area contributed by atoms with E-state index in [1.165, 1.54) is 12.4 Å². The first-order valence-corrected chi connectivity index (χ1v) is 8.28. The Morgan fingerprint density at radius 3 is 2.50 bits per heavy atom. The first-order valence-electron chi connectivity index (χ1n) is 7.90. The molecule has 6 nitrogen and oxygen atoms in total. The number of halogens is 1. The molecule has 0 fully saturated rings. The number of amides is 1. The summed E-state index contributed by atoms with van der Waals surface area (Å²) in [5.74, 6) is 0.724. The largest absolute Gasteiger partial charge is 0.495 e. The van der Waals surface area contributed by atoms with E-state index in [9.17, 15) is 4.79 Å². The van der Waals surface area contributed by atoms with Gasteiger partial charge in [-0.2, -0.15) is 0 Å². The van der Waals surface area contributed by atoms with E-state index in [1.54, 1.807) is 25.3 Å². The number of ether oxygens (including phenoxy) is 1. The summed E-state index contributed by atoms with van der Waals surface area (Å²) in [5.41, 5.74) is 2.13. The van der Waals surface area contributed by atoms with Gasteiger partial charge in [0.15, 0.2) is 0 Å². The van der Waals surface area contributed by atoms with Gasteiger partial charge in [0, 0.05) is 24.6 Å². The number of nitrogens with one attached hydrogen (secondary N) is 2. The minimum Gasteiger partial charge on any atom is -0.495 e. The van der Waals surface area contributed by atoms with Gasteiger partial charge in [0.1, 0.15) is 5.75 Å². The van der Waals surface area contributed by atoms with Gasteiger partial charge in [-0.3, -0.25) is 4.79 Å². The molecule has 0 atom stereocenters. The third-order valence-electron chi connectivity index (χ3n) is 3.62. The molecular formula is C19H17ClN4O2. The zero-order valence-electron chi connectivity index (χ0n) is 14.1. The highest BCUT2D eigenvalue weighted by Gasteiger charge is 2.08. The number of benzene rings is 2. The smallest absolute Gasteiger partial charge is 0.254 e. The summed E-state index contributed by atoms with van der Waals surface area (Å²) >= 11 is 6.09. The monoisotopic (exact) mass is 368 g/mol. The van der Waals surface area contributed by atoms with Crippen LogP contribution in [0.4, 0.5) is 11.6 Å². The van der Waals surface area contributed by atoms with Crippen LogP contribution in [0.3, 0.4) is 0 Å². The second-order valence-electron chi connectivity index (χ2n) is 5.44. The van der Waals surface area contributed by atoms with Gasteiger partial charge in [0.2, 0.25) is 5.95 Å². The van der Waals surface area contributed by atoms with E-state index in [4.69, 9.17) is 16.3 Å². The van der Waals surface area contributed by atoms with E-state index in [2.05, 4.69) is 20.6 Å². The van der Waals surface area contributed by atoms with Crippen LogP contribution < -0.4 is 15.4 Å². The van der Waals surface area contributed by atoms with E-state index >= 15 is 0 Å². The molecular weight excluding hydrogens is 352 g/mol. The standard InChI is InChI=1S/C19H17ClN4O2/c1-26-17-8-7-15(9-16(17)20)24-19-22-11-14(12-23-19)18(25)21-10-13-5-3-2-4-6-13/h2-9,11-12H,10H2,1H3,(H,21,25)(H,22,23,24). The Hall–Kier alpha value is -3.12. The molecule has 2 N–H and O–H groups in total. The molecule has 2 aromatic carbocycles. The maximum Gasteiger partial charge on any atom is 0.254 e. The van der Waals surface area contributed by atoms with Crippen molar-refractivity contribution in [3.8, 4) is 5.75 Å². The van der Waals surface area contributed by atoms with E-state index in [1.807, 2.05) is 30.3 Å². The van der Waals surface area contributed by atoms with Gasteiger partial charge in [-0.25, -0.2) is 9.97 Å². The second kappa shape index (κ2) is 8.31. The summed E-state index contributed by atoms with van der Waals surface area (Å²) in [4.78, 5) is 20.5. The van der Waals surface area contributed by atoms with Gasteiger partial charge in [-0.1, -0.05) is 41.9 Å². The van der Waals surface area contributed by atoms with Crippen molar-refractivity contribution in [1.82, 2.24) is 15.3 Å². The van der Waals surface area contributed by atoms with Crippen molar-refractivity contribution in [2.75, 3.05) is 12.4 Å². The fourth-order valence-electron chi connectivity index (χ4n) is 2.26. The third kappa shape index (κ3) is 4.49. The minimum atomic E-state index is -0.229. The lowest BCUT2D eigenvalue weighted by Crippen LogP contribution is -2.23. The molecule has 26 heavy (non-hydrogen) atoms. The molecule has 3 aromatic rings. The maximum atomic E-state index is 12.2. The fourth-order valence-corrected chi connectivity index (χ4v) is 2.52. The van der Waals surface area contributed by atoms with Gasteiger partial charge in [-0.05, 0) is 23.8 Å². The minimum absolute atomic E-state index is 0.229. The summed E-state index contributed by atoms with van der Waals surface area (Å²) in [7, 11) is 1.55. The summed E-state index contributed by atoms with van der Waals surface area (Å²) in [6.07, 6.45) is 2.95. The Morgan fingerprint density at radius 1 is 1.12 bits per heavy atom. The number of rotatable bonds is 6. The molecule has 3 rings (SSSR count). The van der Waals surface area contributed by atoms with Gasteiger partial charge in [-0.15, -0.1) is 0 Å². The summed E-state index contributed by atoms with van der Waals surface area (Å²) in [5, 5.41) is 6.34. The van der Waals surface area contributed by atoms with E-state index in [-0.39, 0.29) is 5.91 Å². The Kier molecular flexibility index (Phi) is 5.66. The number of nitrogens with zero attached hydrogens (tertiary/aromatic N) is 2. The van der Waals surface area contributed by atoms with Gasteiger partial charge in [0.05, 0.1) is 17.7 Å². The Balaban J connectivity index is 1.61. The van der Waals surface area contributed by atoms with Crippen LogP contribution in [-0.2, 0) is 6.54 Å². The van der Waals surface area contributed by atoms with Crippen LogP contribution in [0.15, 0.2) is 60.9 Å². The van der Waals surface area contributed by atoms with Crippen LogP contribution in [0.1, 0.15) is 15.9 Å². The first kappa shape index (κ1) is 17.7. The van der Waals surface area contributed by atoms with Crippen molar-refractivity contribution < 1.29 is 9.53 Å². The number of carbonyl (C=O) groups is 1. The molecule has 0 aliphatic rings. The molecule has 7 heteroatoms. The predicted octanol–water partition coefficient (Wildman–Crippen LogP) is 3.81. The molecule has 132 valence electrons. The fraction of sp³-hybridized carbons (Fsp3) is 0.105. The molecule has 0 radical (unpaired) electrons. The van der Waals surface area contributed by atoms with Crippen molar-refractivity contribution in [3.05, 3.63) is 77.1 Å². The number of aromatic nitrogens is 2. The predicted molar refractivity (Wildman–Crippen MR) is 101 cm³/mol.